The third kappa shape index (κ3) is 1.96. The maximum atomic E-state index is 11.1. The van der Waals surface area contributed by atoms with Crippen LogP contribution in [0.3, 0.4) is 0 Å². The third-order valence-electron chi connectivity index (χ3n) is 1.47. The Kier molecular flexibility index (Phi) is 2.82. The minimum absolute atomic E-state index is 0.0764. The first-order chi connectivity index (χ1) is 4.52. The van der Waals surface area contributed by atoms with Gasteiger partial charge in [-0.05, 0) is 19.8 Å². The zero-order valence-corrected chi connectivity index (χ0v) is 9.88. The Labute approximate surface area is 87.4 Å². The van der Waals surface area contributed by atoms with Gasteiger partial charge in [-0.25, -0.2) is 4.79 Å². The highest BCUT2D eigenvalue weighted by atomic mass is 127. The molecule has 0 bridgehead atoms. The lowest BCUT2D eigenvalue weighted by Crippen LogP contribution is -2.36. The van der Waals surface area contributed by atoms with Crippen LogP contribution in [0.2, 0.25) is 0 Å². The molecule has 1 unspecified atom stereocenters. The summed E-state index contributed by atoms with van der Waals surface area (Å²) in [6, 6.07) is 0. The van der Waals surface area contributed by atoms with Crippen LogP contribution >= 0.6 is 45.2 Å². The van der Waals surface area contributed by atoms with Crippen LogP contribution in [-0.4, -0.2) is 13.5 Å². The number of hydrogen-bond donors (Lipinski definition) is 0. The molecule has 1 fully saturated rings. The molecular weight excluding hydrogens is 358 g/mol. The molecule has 1 saturated heterocycles. The van der Waals surface area contributed by atoms with E-state index in [0.717, 1.165) is 12.8 Å². The van der Waals surface area contributed by atoms with Crippen LogP contribution < -0.4 is 0 Å². The number of esters is 1. The van der Waals surface area contributed by atoms with Gasteiger partial charge in [0.25, 0.3) is 0 Å². The average molecular weight is 366 g/mol. The summed E-state index contributed by atoms with van der Waals surface area (Å²) >= 11 is 4.28. The van der Waals surface area contributed by atoms with Crippen LogP contribution in [0.25, 0.3) is 0 Å². The minimum atomic E-state index is -0.304. The monoisotopic (exact) mass is 366 g/mol. The first-order valence-electron chi connectivity index (χ1n) is 3.11. The van der Waals surface area contributed by atoms with Crippen LogP contribution in [-0.2, 0) is 9.53 Å². The molecular formula is C6H8I2O2. The van der Waals surface area contributed by atoms with Crippen LogP contribution in [0.15, 0.2) is 0 Å². The van der Waals surface area contributed by atoms with Crippen LogP contribution in [0.4, 0.5) is 0 Å². The van der Waals surface area contributed by atoms with Crippen molar-refractivity contribution in [3.63, 3.8) is 0 Å². The van der Waals surface area contributed by atoms with Gasteiger partial charge >= 0.3 is 5.97 Å². The lowest BCUT2D eigenvalue weighted by molar-refractivity contribution is -0.151. The van der Waals surface area contributed by atoms with Gasteiger partial charge in [0.1, 0.15) is 0 Å². The van der Waals surface area contributed by atoms with Gasteiger partial charge < -0.3 is 4.74 Å². The van der Waals surface area contributed by atoms with E-state index in [-0.39, 0.29) is 13.5 Å². The summed E-state index contributed by atoms with van der Waals surface area (Å²) in [5.74, 6) is -0.0764. The summed E-state index contributed by atoms with van der Waals surface area (Å²) in [5, 5.41) is 0. The molecule has 0 radical (unpaired) electrons. The summed E-state index contributed by atoms with van der Waals surface area (Å²) in [6.45, 7) is 1.93. The van der Waals surface area contributed by atoms with E-state index >= 15 is 0 Å². The van der Waals surface area contributed by atoms with Gasteiger partial charge in [0.2, 0.25) is 0 Å². The fraction of sp³-hybridized carbons (Fsp3) is 0.833. The number of alkyl halides is 2. The molecule has 1 atom stereocenters. The minimum Gasteiger partial charge on any atom is -0.461 e. The molecule has 1 heterocycles. The van der Waals surface area contributed by atoms with Gasteiger partial charge in [0, 0.05) is 0 Å². The van der Waals surface area contributed by atoms with Crippen molar-refractivity contribution in [1.29, 1.82) is 0 Å². The van der Waals surface area contributed by atoms with E-state index in [4.69, 9.17) is 4.74 Å². The molecule has 58 valence electrons. The van der Waals surface area contributed by atoms with Crippen molar-refractivity contribution in [3.05, 3.63) is 0 Å². The van der Waals surface area contributed by atoms with E-state index in [1.165, 1.54) is 0 Å². The smallest absolute Gasteiger partial charge is 0.332 e. The molecule has 0 aromatic heterocycles. The number of halogens is 2. The van der Waals surface area contributed by atoms with Gasteiger partial charge in [-0.15, -0.1) is 0 Å². The van der Waals surface area contributed by atoms with E-state index in [1.54, 1.807) is 0 Å². The Balaban J connectivity index is 2.61. The second-order valence-corrected chi connectivity index (χ2v) is 8.21. The molecule has 2 nitrogen and oxygen atoms in total. The number of hydrogen-bond acceptors (Lipinski definition) is 2. The van der Waals surface area contributed by atoms with Crippen molar-refractivity contribution in [2.45, 2.75) is 27.3 Å². The average Bonchev–Trinajstić information content (AvgIpc) is 1.81. The topological polar surface area (TPSA) is 26.3 Å². The first-order valence-corrected chi connectivity index (χ1v) is 5.27. The van der Waals surface area contributed by atoms with Gasteiger partial charge in [-0.2, -0.15) is 0 Å². The summed E-state index contributed by atoms with van der Waals surface area (Å²) < 4.78 is 4.74. The number of rotatable bonds is 0. The summed E-state index contributed by atoms with van der Waals surface area (Å²) in [5.41, 5.74) is 0. The highest BCUT2D eigenvalue weighted by molar-refractivity contribution is 14.2. The van der Waals surface area contributed by atoms with Crippen LogP contribution in [0.1, 0.15) is 19.8 Å². The van der Waals surface area contributed by atoms with E-state index in [9.17, 15) is 4.79 Å². The SMILES string of the molecule is CC1CCC(I)(I)C(=O)O1. The van der Waals surface area contributed by atoms with Gasteiger partial charge in [-0.3, -0.25) is 0 Å². The molecule has 4 heteroatoms. The molecule has 0 spiro atoms. The summed E-state index contributed by atoms with van der Waals surface area (Å²) in [7, 11) is 0. The lowest BCUT2D eigenvalue weighted by atomic mass is 10.1. The second-order valence-electron chi connectivity index (χ2n) is 2.46. The Morgan fingerprint density at radius 3 is 2.70 bits per heavy atom. The Bertz CT molecular complexity index is 156. The molecule has 0 saturated carbocycles. The predicted octanol–water partition coefficient (Wildman–Crippen LogP) is 2.28. The van der Waals surface area contributed by atoms with Crippen molar-refractivity contribution in [2.75, 3.05) is 0 Å². The maximum Gasteiger partial charge on any atom is 0.332 e. The lowest BCUT2D eigenvalue weighted by Gasteiger charge is -2.28. The van der Waals surface area contributed by atoms with E-state index in [0.29, 0.717) is 0 Å². The Morgan fingerprint density at radius 1 is 1.70 bits per heavy atom. The molecule has 0 aliphatic carbocycles. The number of cyclic esters (lactones) is 1. The molecule has 1 aliphatic rings. The van der Waals surface area contributed by atoms with E-state index in [2.05, 4.69) is 45.2 Å². The maximum absolute atomic E-state index is 11.1. The van der Waals surface area contributed by atoms with Crippen molar-refractivity contribution in [1.82, 2.24) is 0 Å². The largest absolute Gasteiger partial charge is 0.461 e. The van der Waals surface area contributed by atoms with Gasteiger partial charge in [0.05, 0.1) is 6.10 Å². The van der Waals surface area contributed by atoms with E-state index < -0.39 is 0 Å². The zero-order valence-electron chi connectivity index (χ0n) is 5.56. The zero-order chi connectivity index (χ0) is 7.78. The molecule has 0 N–H and O–H groups in total. The summed E-state index contributed by atoms with van der Waals surface area (Å²) in [4.78, 5) is 11.1. The normalized spacial score (nSPS) is 31.5. The van der Waals surface area contributed by atoms with Crippen molar-refractivity contribution >= 4 is 51.2 Å². The van der Waals surface area contributed by atoms with Crippen LogP contribution in [0.5, 0.6) is 0 Å². The molecule has 1 aliphatic heterocycles. The fourth-order valence-electron chi connectivity index (χ4n) is 0.814. The Hall–Kier alpha value is 0.930. The number of carbonyl (C=O) groups excluding carboxylic acids is 1. The Morgan fingerprint density at radius 2 is 2.30 bits per heavy atom. The van der Waals surface area contributed by atoms with E-state index in [1.807, 2.05) is 6.92 Å². The van der Waals surface area contributed by atoms with Gasteiger partial charge in [0.15, 0.2) is 1.43 Å². The molecule has 0 amide bonds. The quantitative estimate of drug-likeness (QED) is 0.374. The standard InChI is InChI=1S/C6H8I2O2/c1-4-2-3-6(7,8)5(9)10-4/h4H,2-3H2,1H3. The molecule has 1 rings (SSSR count). The van der Waals surface area contributed by atoms with Gasteiger partial charge in [-0.1, -0.05) is 45.2 Å². The number of ether oxygens (including phenoxy) is 1. The van der Waals surface area contributed by atoms with Crippen molar-refractivity contribution in [3.8, 4) is 0 Å². The highest BCUT2D eigenvalue weighted by Crippen LogP contribution is 2.38. The molecule has 0 aromatic rings. The predicted molar refractivity (Wildman–Crippen MR) is 55.6 cm³/mol. The third-order valence-corrected chi connectivity index (χ3v) is 3.43. The van der Waals surface area contributed by atoms with Crippen molar-refractivity contribution < 1.29 is 9.53 Å². The summed E-state index contributed by atoms with van der Waals surface area (Å²) in [6.07, 6.45) is 2.02. The van der Waals surface area contributed by atoms with Crippen molar-refractivity contribution in [2.24, 2.45) is 0 Å². The first kappa shape index (κ1) is 9.02. The number of carbonyl (C=O) groups is 1. The molecule has 0 aromatic carbocycles. The second kappa shape index (κ2) is 3.12. The molecule has 10 heavy (non-hydrogen) atoms. The highest BCUT2D eigenvalue weighted by Gasteiger charge is 2.38. The fourth-order valence-corrected chi connectivity index (χ4v) is 1.69. The van der Waals surface area contributed by atoms with Crippen LogP contribution in [0, 0.1) is 0 Å².